The molecule has 0 saturated heterocycles. The Hall–Kier alpha value is -2.99. The van der Waals surface area contributed by atoms with Crippen molar-refractivity contribution >= 4 is 34.3 Å². The highest BCUT2D eigenvalue weighted by Gasteiger charge is 2.17. The van der Waals surface area contributed by atoms with E-state index in [0.29, 0.717) is 33.5 Å². The smallest absolute Gasteiger partial charge is 0.263 e. The fraction of sp³-hybridized carbons (Fsp3) is 0.0588. The Morgan fingerprint density at radius 1 is 1.08 bits per heavy atom. The molecule has 0 atom stereocenters. The van der Waals surface area contributed by atoms with Crippen LogP contribution >= 0.6 is 11.6 Å². The normalized spacial score (nSPS) is 10.9. The molecule has 0 aliphatic carbocycles. The lowest BCUT2D eigenvalue weighted by atomic mass is 10.1. The van der Waals surface area contributed by atoms with Crippen molar-refractivity contribution in [1.29, 1.82) is 0 Å². The molecule has 0 aliphatic rings. The van der Waals surface area contributed by atoms with Crippen LogP contribution in [0.4, 0.5) is 11.6 Å². The van der Waals surface area contributed by atoms with E-state index < -0.39 is 0 Å². The number of anilines is 2. The quantitative estimate of drug-likeness (QED) is 0.597. The SMILES string of the molecule is Cc1cccc(Nc2ncnc3onc(-c4cccc(Cl)c4)c23)n1. The molecule has 7 heteroatoms. The maximum absolute atomic E-state index is 6.08. The highest BCUT2D eigenvalue weighted by molar-refractivity contribution is 6.30. The molecule has 118 valence electrons. The summed E-state index contributed by atoms with van der Waals surface area (Å²) in [6, 6.07) is 13.1. The average molecular weight is 338 g/mol. The van der Waals surface area contributed by atoms with Crippen molar-refractivity contribution in [3.63, 3.8) is 0 Å². The molecule has 0 saturated carbocycles. The Bertz CT molecular complexity index is 1030. The van der Waals surface area contributed by atoms with E-state index in [2.05, 4.69) is 25.4 Å². The molecule has 6 nitrogen and oxygen atoms in total. The first kappa shape index (κ1) is 14.6. The van der Waals surface area contributed by atoms with Crippen LogP contribution in [0.3, 0.4) is 0 Å². The summed E-state index contributed by atoms with van der Waals surface area (Å²) in [5.74, 6) is 1.27. The summed E-state index contributed by atoms with van der Waals surface area (Å²) in [6.07, 6.45) is 1.42. The zero-order chi connectivity index (χ0) is 16.5. The number of fused-ring (bicyclic) bond motifs is 1. The van der Waals surface area contributed by atoms with Crippen LogP contribution in [0.25, 0.3) is 22.4 Å². The van der Waals surface area contributed by atoms with Crippen molar-refractivity contribution < 1.29 is 4.52 Å². The molecular weight excluding hydrogens is 326 g/mol. The van der Waals surface area contributed by atoms with E-state index in [0.717, 1.165) is 11.3 Å². The maximum Gasteiger partial charge on any atom is 0.263 e. The van der Waals surface area contributed by atoms with Gasteiger partial charge in [-0.2, -0.15) is 4.98 Å². The highest BCUT2D eigenvalue weighted by atomic mass is 35.5. The third kappa shape index (κ3) is 2.68. The third-order valence-electron chi connectivity index (χ3n) is 3.51. The van der Waals surface area contributed by atoms with Gasteiger partial charge < -0.3 is 9.84 Å². The number of aromatic nitrogens is 4. The van der Waals surface area contributed by atoms with Crippen LogP contribution < -0.4 is 5.32 Å². The van der Waals surface area contributed by atoms with E-state index in [1.807, 2.05) is 43.3 Å². The Morgan fingerprint density at radius 2 is 1.96 bits per heavy atom. The molecule has 3 heterocycles. The zero-order valence-corrected chi connectivity index (χ0v) is 13.4. The highest BCUT2D eigenvalue weighted by Crippen LogP contribution is 2.33. The van der Waals surface area contributed by atoms with Gasteiger partial charge in [-0.25, -0.2) is 9.97 Å². The van der Waals surface area contributed by atoms with Gasteiger partial charge in [-0.1, -0.05) is 35.0 Å². The molecule has 0 bridgehead atoms. The topological polar surface area (TPSA) is 76.7 Å². The molecule has 0 amide bonds. The van der Waals surface area contributed by atoms with Gasteiger partial charge in [-0.05, 0) is 31.2 Å². The summed E-state index contributed by atoms with van der Waals surface area (Å²) in [6.45, 7) is 1.93. The van der Waals surface area contributed by atoms with E-state index >= 15 is 0 Å². The molecule has 0 aliphatic heterocycles. The number of halogens is 1. The van der Waals surface area contributed by atoms with Gasteiger partial charge in [0.05, 0.1) is 0 Å². The first-order valence-corrected chi connectivity index (χ1v) is 7.65. The van der Waals surface area contributed by atoms with E-state index in [4.69, 9.17) is 16.1 Å². The summed E-state index contributed by atoms with van der Waals surface area (Å²) < 4.78 is 5.34. The molecule has 1 aromatic carbocycles. The fourth-order valence-electron chi connectivity index (χ4n) is 2.45. The maximum atomic E-state index is 6.08. The van der Waals surface area contributed by atoms with Gasteiger partial charge in [0.25, 0.3) is 5.71 Å². The monoisotopic (exact) mass is 337 g/mol. The average Bonchev–Trinajstić information content (AvgIpc) is 3.00. The van der Waals surface area contributed by atoms with Crippen LogP contribution in [-0.2, 0) is 0 Å². The van der Waals surface area contributed by atoms with Crippen LogP contribution in [0.2, 0.25) is 5.02 Å². The Balaban J connectivity index is 1.86. The van der Waals surface area contributed by atoms with Crippen molar-refractivity contribution in [2.75, 3.05) is 5.32 Å². The van der Waals surface area contributed by atoms with Gasteiger partial charge in [0, 0.05) is 16.3 Å². The predicted octanol–water partition coefficient (Wildman–Crippen LogP) is 4.39. The number of hydrogen-bond donors (Lipinski definition) is 1. The lowest BCUT2D eigenvalue weighted by Gasteiger charge is -2.06. The van der Waals surface area contributed by atoms with Gasteiger partial charge >= 0.3 is 0 Å². The minimum absolute atomic E-state index is 0.398. The van der Waals surface area contributed by atoms with Crippen molar-refractivity contribution in [2.45, 2.75) is 6.92 Å². The minimum Gasteiger partial charge on any atom is -0.335 e. The minimum atomic E-state index is 0.398. The Kier molecular flexibility index (Phi) is 3.59. The van der Waals surface area contributed by atoms with Gasteiger partial charge in [0.1, 0.15) is 29.0 Å². The fourth-order valence-corrected chi connectivity index (χ4v) is 2.64. The number of nitrogens with one attached hydrogen (secondary N) is 1. The first-order chi connectivity index (χ1) is 11.7. The number of rotatable bonds is 3. The van der Waals surface area contributed by atoms with Crippen LogP contribution in [-0.4, -0.2) is 20.1 Å². The third-order valence-corrected chi connectivity index (χ3v) is 3.74. The predicted molar refractivity (Wildman–Crippen MR) is 92.3 cm³/mol. The largest absolute Gasteiger partial charge is 0.335 e. The second-order valence-electron chi connectivity index (χ2n) is 5.23. The van der Waals surface area contributed by atoms with Crippen molar-refractivity contribution in [3.8, 4) is 11.3 Å². The van der Waals surface area contributed by atoms with Crippen LogP contribution in [0.1, 0.15) is 5.69 Å². The van der Waals surface area contributed by atoms with Gasteiger partial charge in [-0.15, -0.1) is 0 Å². The van der Waals surface area contributed by atoms with Gasteiger partial charge in [0.15, 0.2) is 0 Å². The molecule has 3 aromatic heterocycles. The summed E-state index contributed by atoms with van der Waals surface area (Å²) in [7, 11) is 0. The molecule has 0 fully saturated rings. The molecule has 24 heavy (non-hydrogen) atoms. The summed E-state index contributed by atoms with van der Waals surface area (Å²) in [5.41, 5.74) is 2.76. The summed E-state index contributed by atoms with van der Waals surface area (Å²) >= 11 is 6.08. The lowest BCUT2D eigenvalue weighted by molar-refractivity contribution is 0.451. The Morgan fingerprint density at radius 3 is 2.79 bits per heavy atom. The van der Waals surface area contributed by atoms with E-state index in [9.17, 15) is 0 Å². The molecule has 1 N–H and O–H groups in total. The number of aryl methyl sites for hydroxylation is 1. The molecule has 0 spiro atoms. The van der Waals surface area contributed by atoms with E-state index in [1.54, 1.807) is 6.07 Å². The second kappa shape index (κ2) is 5.90. The molecule has 4 aromatic rings. The molecule has 0 radical (unpaired) electrons. The van der Waals surface area contributed by atoms with Crippen molar-refractivity contribution in [1.82, 2.24) is 20.1 Å². The second-order valence-corrected chi connectivity index (χ2v) is 5.67. The standard InChI is InChI=1S/C17H12ClN5O/c1-10-4-2-7-13(21-10)22-16-14-15(11-5-3-6-12(18)8-11)23-24-17(14)20-9-19-16/h2-9H,1H3,(H,19,20,21,22). The van der Waals surface area contributed by atoms with Crippen LogP contribution in [0.15, 0.2) is 53.3 Å². The van der Waals surface area contributed by atoms with Crippen molar-refractivity contribution in [2.24, 2.45) is 0 Å². The first-order valence-electron chi connectivity index (χ1n) is 7.28. The summed E-state index contributed by atoms with van der Waals surface area (Å²) in [4.78, 5) is 12.9. The number of pyridine rings is 1. The molecular formula is C17H12ClN5O. The van der Waals surface area contributed by atoms with Crippen LogP contribution in [0.5, 0.6) is 0 Å². The lowest BCUT2D eigenvalue weighted by Crippen LogP contribution is -1.98. The van der Waals surface area contributed by atoms with E-state index in [1.165, 1.54) is 6.33 Å². The van der Waals surface area contributed by atoms with Gasteiger partial charge in [0.2, 0.25) is 0 Å². The number of nitrogens with zero attached hydrogens (tertiary/aromatic N) is 4. The molecule has 0 unspecified atom stereocenters. The zero-order valence-electron chi connectivity index (χ0n) is 12.7. The van der Waals surface area contributed by atoms with E-state index in [-0.39, 0.29) is 0 Å². The van der Waals surface area contributed by atoms with Crippen molar-refractivity contribution in [3.05, 3.63) is 59.5 Å². The van der Waals surface area contributed by atoms with Crippen LogP contribution in [0, 0.1) is 6.92 Å². The van der Waals surface area contributed by atoms with Gasteiger partial charge in [-0.3, -0.25) is 0 Å². The Labute approximate surface area is 142 Å². The number of benzene rings is 1. The number of hydrogen-bond acceptors (Lipinski definition) is 6. The molecule has 4 rings (SSSR count). The summed E-state index contributed by atoms with van der Waals surface area (Å²) in [5, 5.41) is 8.64.